The van der Waals surface area contributed by atoms with Crippen LogP contribution in [0.5, 0.6) is 0 Å². The molecule has 0 saturated carbocycles. The molecule has 2 nitrogen and oxygen atoms in total. The Morgan fingerprint density at radius 3 is 1.57 bits per heavy atom. The van der Waals surface area contributed by atoms with Crippen LogP contribution in [-0.2, 0) is 0 Å². The Hall–Kier alpha value is -5.34. The highest BCUT2D eigenvalue weighted by atomic mass is 15.2. The zero-order valence-corrected chi connectivity index (χ0v) is 30.0. The van der Waals surface area contributed by atoms with Crippen LogP contribution in [0.2, 0.25) is 0 Å². The molecule has 0 bridgehead atoms. The topological polar surface area (TPSA) is 6.48 Å². The van der Waals surface area contributed by atoms with Crippen molar-refractivity contribution in [2.45, 2.75) is 60.3 Å². The minimum Gasteiger partial charge on any atom is -0.310 e. The highest BCUT2D eigenvalue weighted by molar-refractivity contribution is 6.23. The van der Waals surface area contributed by atoms with Crippen molar-refractivity contribution < 1.29 is 0 Å². The largest absolute Gasteiger partial charge is 0.310 e. The number of fused-ring (bicyclic) bond motifs is 2. The highest BCUT2D eigenvalue weighted by Crippen LogP contribution is 2.51. The Balaban J connectivity index is 1.84. The van der Waals surface area contributed by atoms with Gasteiger partial charge >= 0.3 is 0 Å². The summed E-state index contributed by atoms with van der Waals surface area (Å²) in [7, 11) is 0. The zero-order chi connectivity index (χ0) is 34.7. The van der Waals surface area contributed by atoms with Crippen LogP contribution in [0.4, 0.5) is 28.4 Å². The van der Waals surface area contributed by atoms with Crippen LogP contribution >= 0.6 is 0 Å². The number of aryl methyl sites for hydroxylation is 1. The number of nitrogens with zero attached hydrogens (tertiary/aromatic N) is 2. The van der Waals surface area contributed by atoms with Crippen LogP contribution in [0, 0.1) is 6.92 Å². The molecule has 0 aliphatic heterocycles. The summed E-state index contributed by atoms with van der Waals surface area (Å²) in [6, 6.07) is 44.7. The first-order valence-corrected chi connectivity index (χ1v) is 17.5. The van der Waals surface area contributed by atoms with Gasteiger partial charge in [-0.2, -0.15) is 0 Å². The summed E-state index contributed by atoms with van der Waals surface area (Å²) in [4.78, 5) is 4.89. The molecule has 0 fully saturated rings. The molecule has 0 atom stereocenters. The third kappa shape index (κ3) is 6.82. The van der Waals surface area contributed by atoms with Gasteiger partial charge in [0, 0.05) is 44.3 Å². The average Bonchev–Trinajstić information content (AvgIpc) is 3.11. The number of allylic oxidation sites excluding steroid dienone is 4. The van der Waals surface area contributed by atoms with Crippen LogP contribution in [0.1, 0.15) is 70.1 Å². The Morgan fingerprint density at radius 2 is 1.06 bits per heavy atom. The SMILES string of the molecule is C=C(C)/C=C\C(=C/C)N(c1ccccc1)c1c2cc(C(C)C)ccc2c(N(c2ccccc2)c2ccc(C)cc2)c2cc(C(C)C)ccc12. The molecule has 0 radical (unpaired) electrons. The maximum Gasteiger partial charge on any atom is 0.0620 e. The summed E-state index contributed by atoms with van der Waals surface area (Å²) in [5, 5.41) is 4.84. The summed E-state index contributed by atoms with van der Waals surface area (Å²) in [5.74, 6) is 0.746. The second-order valence-electron chi connectivity index (χ2n) is 13.7. The minimum atomic E-state index is 0.372. The van der Waals surface area contributed by atoms with Gasteiger partial charge in [0.25, 0.3) is 0 Å². The van der Waals surface area contributed by atoms with Crippen molar-refractivity contribution in [3.05, 3.63) is 174 Å². The first-order chi connectivity index (χ1) is 23.7. The molecule has 2 heteroatoms. The monoisotopic (exact) mass is 640 g/mol. The van der Waals surface area contributed by atoms with Crippen molar-refractivity contribution in [1.29, 1.82) is 0 Å². The molecule has 49 heavy (non-hydrogen) atoms. The van der Waals surface area contributed by atoms with Crippen LogP contribution in [0.15, 0.2) is 157 Å². The molecule has 0 aliphatic carbocycles. The van der Waals surface area contributed by atoms with Gasteiger partial charge in [0.15, 0.2) is 0 Å². The zero-order valence-electron chi connectivity index (χ0n) is 30.0. The Labute approximate surface area is 293 Å². The molecule has 0 heterocycles. The lowest BCUT2D eigenvalue weighted by atomic mass is 9.90. The first-order valence-electron chi connectivity index (χ1n) is 17.5. The van der Waals surface area contributed by atoms with Crippen LogP contribution < -0.4 is 9.80 Å². The summed E-state index contributed by atoms with van der Waals surface area (Å²) in [5.41, 5.74) is 11.7. The molecular weight excluding hydrogens is 593 g/mol. The molecular formula is C47H48N2. The maximum atomic E-state index is 4.18. The van der Waals surface area contributed by atoms with Crippen molar-refractivity contribution in [2.75, 3.05) is 9.80 Å². The van der Waals surface area contributed by atoms with Gasteiger partial charge in [0.05, 0.1) is 11.4 Å². The fraction of sp³-hybridized carbons (Fsp3) is 0.191. The molecule has 0 aliphatic rings. The van der Waals surface area contributed by atoms with E-state index in [9.17, 15) is 0 Å². The molecule has 0 aromatic heterocycles. The van der Waals surface area contributed by atoms with E-state index >= 15 is 0 Å². The van der Waals surface area contributed by atoms with E-state index in [4.69, 9.17) is 0 Å². The van der Waals surface area contributed by atoms with E-state index in [1.54, 1.807) is 0 Å². The number of para-hydroxylation sites is 2. The lowest BCUT2D eigenvalue weighted by molar-refractivity contribution is 0.868. The van der Waals surface area contributed by atoms with Gasteiger partial charge in [-0.1, -0.05) is 130 Å². The van der Waals surface area contributed by atoms with E-state index in [1.807, 2.05) is 6.92 Å². The lowest BCUT2D eigenvalue weighted by Gasteiger charge is -2.34. The average molecular weight is 641 g/mol. The predicted octanol–water partition coefficient (Wildman–Crippen LogP) is 14.2. The fourth-order valence-electron chi connectivity index (χ4n) is 6.61. The van der Waals surface area contributed by atoms with Gasteiger partial charge in [-0.15, -0.1) is 0 Å². The molecule has 0 spiro atoms. The normalized spacial score (nSPS) is 12.1. The number of anilines is 5. The summed E-state index contributed by atoms with van der Waals surface area (Å²) >= 11 is 0. The van der Waals surface area contributed by atoms with E-state index in [0.717, 1.165) is 28.3 Å². The Bertz CT molecular complexity index is 2150. The summed E-state index contributed by atoms with van der Waals surface area (Å²) in [6.07, 6.45) is 6.50. The molecule has 0 N–H and O–H groups in total. The molecule has 0 saturated heterocycles. The number of rotatable bonds is 10. The number of hydrogen-bond acceptors (Lipinski definition) is 2. The van der Waals surface area contributed by atoms with Crippen molar-refractivity contribution in [3.63, 3.8) is 0 Å². The van der Waals surface area contributed by atoms with E-state index in [-0.39, 0.29) is 0 Å². The van der Waals surface area contributed by atoms with E-state index < -0.39 is 0 Å². The van der Waals surface area contributed by atoms with Gasteiger partial charge in [-0.05, 0) is 98.3 Å². The standard InChI is InChI=1S/C47H48N2/c1-9-38(25-20-32(2)3)48(39-16-12-10-13-17-39)46-42-28-23-37(34(6)7)31-45(42)47(43-29-24-36(33(4)5)30-44(43)46)49(40-18-14-11-15-19-40)41-26-21-35(8)22-27-41/h9-31,33-34H,2H2,1,3-8H3/b25-20-,38-9+. The second-order valence-corrected chi connectivity index (χ2v) is 13.7. The van der Waals surface area contributed by atoms with E-state index in [1.165, 1.54) is 49.6 Å². The fourth-order valence-corrected chi connectivity index (χ4v) is 6.61. The molecule has 6 aromatic rings. The minimum absolute atomic E-state index is 0.372. The number of benzene rings is 6. The van der Waals surface area contributed by atoms with Crippen molar-refractivity contribution >= 4 is 50.0 Å². The van der Waals surface area contributed by atoms with Gasteiger partial charge in [0.2, 0.25) is 0 Å². The lowest BCUT2D eigenvalue weighted by Crippen LogP contribution is -2.18. The highest BCUT2D eigenvalue weighted by Gasteiger charge is 2.26. The first kappa shape index (κ1) is 33.6. The second kappa shape index (κ2) is 14.4. The molecule has 6 aromatic carbocycles. The maximum absolute atomic E-state index is 4.18. The van der Waals surface area contributed by atoms with E-state index in [0.29, 0.717) is 11.8 Å². The summed E-state index contributed by atoms with van der Waals surface area (Å²) in [6.45, 7) is 19.6. The third-order valence-corrected chi connectivity index (χ3v) is 9.30. The third-order valence-electron chi connectivity index (χ3n) is 9.30. The van der Waals surface area contributed by atoms with Gasteiger partial charge < -0.3 is 9.80 Å². The smallest absolute Gasteiger partial charge is 0.0620 e. The van der Waals surface area contributed by atoms with Gasteiger partial charge in [-0.25, -0.2) is 0 Å². The van der Waals surface area contributed by atoms with Crippen molar-refractivity contribution in [3.8, 4) is 0 Å². The van der Waals surface area contributed by atoms with Crippen LogP contribution in [0.25, 0.3) is 21.5 Å². The van der Waals surface area contributed by atoms with Crippen molar-refractivity contribution in [2.24, 2.45) is 0 Å². The Morgan fingerprint density at radius 1 is 0.571 bits per heavy atom. The quantitative estimate of drug-likeness (QED) is 0.0835. The Kier molecular flexibility index (Phi) is 9.87. The molecule has 0 amide bonds. The van der Waals surface area contributed by atoms with Gasteiger partial charge in [0.1, 0.15) is 0 Å². The molecule has 0 unspecified atom stereocenters. The van der Waals surface area contributed by atoms with Crippen LogP contribution in [0.3, 0.4) is 0 Å². The predicted molar refractivity (Wildman–Crippen MR) is 215 cm³/mol. The van der Waals surface area contributed by atoms with Gasteiger partial charge in [-0.3, -0.25) is 0 Å². The van der Waals surface area contributed by atoms with Crippen LogP contribution in [-0.4, -0.2) is 0 Å². The molecule has 246 valence electrons. The summed E-state index contributed by atoms with van der Waals surface area (Å²) < 4.78 is 0. The number of hydrogen-bond donors (Lipinski definition) is 0. The van der Waals surface area contributed by atoms with E-state index in [2.05, 4.69) is 197 Å². The van der Waals surface area contributed by atoms with Crippen molar-refractivity contribution in [1.82, 2.24) is 0 Å². The molecule has 6 rings (SSSR count).